The summed E-state index contributed by atoms with van der Waals surface area (Å²) in [5.41, 5.74) is 5.23. The molecule has 0 saturated carbocycles. The van der Waals surface area contributed by atoms with Crippen LogP contribution in [-0.2, 0) is 9.47 Å². The van der Waals surface area contributed by atoms with Crippen LogP contribution in [0.15, 0.2) is 53.6 Å². The third kappa shape index (κ3) is 5.46. The summed E-state index contributed by atoms with van der Waals surface area (Å²) < 4.78 is 11.2. The molecule has 8 heteroatoms. The van der Waals surface area contributed by atoms with Gasteiger partial charge >= 0.3 is 0 Å². The lowest BCUT2D eigenvalue weighted by molar-refractivity contribution is 0.127. The average Bonchev–Trinajstić information content (AvgIpc) is 2.83. The van der Waals surface area contributed by atoms with E-state index in [0.29, 0.717) is 5.95 Å². The summed E-state index contributed by atoms with van der Waals surface area (Å²) in [5, 5.41) is 6.76. The van der Waals surface area contributed by atoms with Gasteiger partial charge in [-0.25, -0.2) is 4.98 Å². The number of anilines is 4. The number of benzene rings is 1. The van der Waals surface area contributed by atoms with Crippen molar-refractivity contribution in [2.45, 2.75) is 26.4 Å². The van der Waals surface area contributed by atoms with Crippen molar-refractivity contribution in [1.82, 2.24) is 14.9 Å². The normalized spacial score (nSPS) is 19.4. The van der Waals surface area contributed by atoms with Crippen molar-refractivity contribution in [2.24, 2.45) is 0 Å². The van der Waals surface area contributed by atoms with Gasteiger partial charge in [0.25, 0.3) is 0 Å². The lowest BCUT2D eigenvalue weighted by Crippen LogP contribution is -2.44. The maximum absolute atomic E-state index is 5.69. The zero-order valence-corrected chi connectivity index (χ0v) is 20.2. The molecule has 1 aromatic heterocycles. The van der Waals surface area contributed by atoms with Crippen molar-refractivity contribution in [3.05, 3.63) is 59.1 Å². The Morgan fingerprint density at radius 2 is 1.73 bits per heavy atom. The molecule has 1 aromatic carbocycles. The Balaban J connectivity index is 1.47. The number of likely N-dealkylation sites (N-methyl/N-ethyl adjacent to an activating group) is 1. The molecule has 2 aromatic rings. The SMILES string of the molecule is COC1=C(C)CC(OC)C(Nc2nc(Nc3ccc(N4CCN(C)CC4)cc3)ncc2C)=C1. The number of allylic oxidation sites excluding steroid dienone is 1. The molecular weight excluding hydrogens is 416 g/mol. The van der Waals surface area contributed by atoms with Crippen LogP contribution in [0.2, 0.25) is 0 Å². The van der Waals surface area contributed by atoms with E-state index in [9.17, 15) is 0 Å². The number of methoxy groups -OCH3 is 2. The van der Waals surface area contributed by atoms with Crippen LogP contribution in [0.25, 0.3) is 0 Å². The molecule has 4 rings (SSSR count). The zero-order valence-electron chi connectivity index (χ0n) is 20.2. The van der Waals surface area contributed by atoms with E-state index in [2.05, 4.69) is 63.7 Å². The number of aromatic nitrogens is 2. The first kappa shape index (κ1) is 23.1. The molecule has 1 unspecified atom stereocenters. The minimum Gasteiger partial charge on any atom is -0.497 e. The van der Waals surface area contributed by atoms with Gasteiger partial charge in [-0.05, 0) is 50.7 Å². The van der Waals surface area contributed by atoms with Gasteiger partial charge in [-0.2, -0.15) is 4.98 Å². The Bertz CT molecular complexity index is 1030. The molecule has 1 fully saturated rings. The second-order valence-electron chi connectivity index (χ2n) is 8.69. The highest BCUT2D eigenvalue weighted by atomic mass is 16.5. The summed E-state index contributed by atoms with van der Waals surface area (Å²) in [6.45, 7) is 8.34. The van der Waals surface area contributed by atoms with E-state index >= 15 is 0 Å². The van der Waals surface area contributed by atoms with E-state index in [-0.39, 0.29) is 6.10 Å². The van der Waals surface area contributed by atoms with E-state index in [0.717, 1.165) is 66.7 Å². The minimum absolute atomic E-state index is 0.0724. The Morgan fingerprint density at radius 1 is 1.00 bits per heavy atom. The smallest absolute Gasteiger partial charge is 0.229 e. The van der Waals surface area contributed by atoms with Crippen LogP contribution in [0, 0.1) is 6.92 Å². The van der Waals surface area contributed by atoms with Crippen LogP contribution in [-0.4, -0.2) is 68.4 Å². The molecule has 33 heavy (non-hydrogen) atoms. The Hall–Kier alpha value is -3.10. The third-order valence-electron chi connectivity index (χ3n) is 6.28. The van der Waals surface area contributed by atoms with Gasteiger partial charge in [-0.1, -0.05) is 0 Å². The predicted molar refractivity (Wildman–Crippen MR) is 133 cm³/mol. The summed E-state index contributed by atoms with van der Waals surface area (Å²) in [7, 11) is 5.58. The molecular formula is C25H34N6O2. The first-order valence-electron chi connectivity index (χ1n) is 11.4. The molecule has 1 atom stereocenters. The molecule has 1 saturated heterocycles. The van der Waals surface area contributed by atoms with Crippen molar-refractivity contribution in [3.8, 4) is 0 Å². The maximum atomic E-state index is 5.69. The van der Waals surface area contributed by atoms with E-state index in [1.807, 2.05) is 19.2 Å². The highest BCUT2D eigenvalue weighted by Gasteiger charge is 2.23. The third-order valence-corrected chi connectivity index (χ3v) is 6.28. The lowest BCUT2D eigenvalue weighted by atomic mass is 9.99. The van der Waals surface area contributed by atoms with Gasteiger partial charge in [-0.3, -0.25) is 0 Å². The number of rotatable bonds is 7. The van der Waals surface area contributed by atoms with Gasteiger partial charge in [0.15, 0.2) is 0 Å². The standard InChI is InChI=1S/C25H34N6O2/c1-17-14-23(33-5)21(15-22(17)32-4)28-24-18(2)16-26-25(29-24)27-19-6-8-20(9-7-19)31-12-10-30(3)11-13-31/h6-9,15-16,23H,10-14H2,1-5H3,(H2,26,27,28,29). The highest BCUT2D eigenvalue weighted by molar-refractivity contribution is 5.61. The van der Waals surface area contributed by atoms with Crippen LogP contribution >= 0.6 is 0 Å². The largest absolute Gasteiger partial charge is 0.497 e. The number of nitrogens with zero attached hydrogens (tertiary/aromatic N) is 4. The number of ether oxygens (including phenoxy) is 2. The van der Waals surface area contributed by atoms with Crippen LogP contribution in [0.1, 0.15) is 18.9 Å². The molecule has 8 nitrogen and oxygen atoms in total. The van der Waals surface area contributed by atoms with E-state index in [1.54, 1.807) is 14.2 Å². The van der Waals surface area contributed by atoms with Crippen LogP contribution < -0.4 is 15.5 Å². The molecule has 2 N–H and O–H groups in total. The van der Waals surface area contributed by atoms with Crippen molar-refractivity contribution in [2.75, 3.05) is 63.0 Å². The Kier molecular flexibility index (Phi) is 7.15. The van der Waals surface area contributed by atoms with Gasteiger partial charge < -0.3 is 29.9 Å². The summed E-state index contributed by atoms with van der Waals surface area (Å²) in [5.74, 6) is 2.14. The van der Waals surface area contributed by atoms with Gasteiger partial charge in [0, 0.05) is 74.6 Å². The van der Waals surface area contributed by atoms with Crippen molar-refractivity contribution >= 4 is 23.1 Å². The molecule has 2 aliphatic rings. The highest BCUT2D eigenvalue weighted by Crippen LogP contribution is 2.28. The molecule has 0 amide bonds. The number of hydrogen-bond donors (Lipinski definition) is 2. The minimum atomic E-state index is -0.0724. The van der Waals surface area contributed by atoms with Crippen LogP contribution in [0.3, 0.4) is 0 Å². The first-order valence-corrected chi connectivity index (χ1v) is 11.4. The molecule has 1 aliphatic carbocycles. The fourth-order valence-corrected chi connectivity index (χ4v) is 4.12. The van der Waals surface area contributed by atoms with Crippen LogP contribution in [0.4, 0.5) is 23.1 Å². The number of nitrogens with one attached hydrogen (secondary N) is 2. The summed E-state index contributed by atoms with van der Waals surface area (Å²) in [4.78, 5) is 14.0. The van der Waals surface area contributed by atoms with Gasteiger partial charge in [0.2, 0.25) is 5.95 Å². The maximum Gasteiger partial charge on any atom is 0.229 e. The molecule has 176 valence electrons. The summed E-state index contributed by atoms with van der Waals surface area (Å²) >= 11 is 0. The topological polar surface area (TPSA) is 74.8 Å². The molecule has 1 aliphatic heterocycles. The zero-order chi connectivity index (χ0) is 23.4. The Labute approximate surface area is 196 Å². The second kappa shape index (κ2) is 10.2. The molecule has 2 heterocycles. The van der Waals surface area contributed by atoms with E-state index < -0.39 is 0 Å². The average molecular weight is 451 g/mol. The number of aryl methyl sites for hydroxylation is 1. The quantitative estimate of drug-likeness (QED) is 0.658. The Morgan fingerprint density at radius 3 is 2.39 bits per heavy atom. The molecule has 0 radical (unpaired) electrons. The number of hydrogen-bond acceptors (Lipinski definition) is 8. The van der Waals surface area contributed by atoms with Crippen LogP contribution in [0.5, 0.6) is 0 Å². The monoisotopic (exact) mass is 450 g/mol. The summed E-state index contributed by atoms with van der Waals surface area (Å²) in [6.07, 6.45) is 4.50. The number of piperazine rings is 1. The fraction of sp³-hybridized carbons (Fsp3) is 0.440. The van der Waals surface area contributed by atoms with Crippen molar-refractivity contribution in [1.29, 1.82) is 0 Å². The molecule has 0 spiro atoms. The van der Waals surface area contributed by atoms with Crippen molar-refractivity contribution < 1.29 is 9.47 Å². The predicted octanol–water partition coefficient (Wildman–Crippen LogP) is 3.92. The van der Waals surface area contributed by atoms with E-state index in [1.165, 1.54) is 5.69 Å². The fourth-order valence-electron chi connectivity index (χ4n) is 4.12. The first-order chi connectivity index (χ1) is 16.0. The van der Waals surface area contributed by atoms with Gasteiger partial charge in [0.1, 0.15) is 17.7 Å². The summed E-state index contributed by atoms with van der Waals surface area (Å²) in [6, 6.07) is 8.45. The van der Waals surface area contributed by atoms with Gasteiger partial charge in [-0.15, -0.1) is 0 Å². The van der Waals surface area contributed by atoms with Crippen molar-refractivity contribution in [3.63, 3.8) is 0 Å². The lowest BCUT2D eigenvalue weighted by Gasteiger charge is -2.34. The van der Waals surface area contributed by atoms with E-state index in [4.69, 9.17) is 14.5 Å². The second-order valence-corrected chi connectivity index (χ2v) is 8.69. The molecule has 0 bridgehead atoms. The van der Waals surface area contributed by atoms with Gasteiger partial charge in [0.05, 0.1) is 7.11 Å².